The summed E-state index contributed by atoms with van der Waals surface area (Å²) in [6, 6.07) is 0. The SMILES string of the molecule is CC(O)(C(F)(F)F)C(F)(F)CF. The zero-order chi connectivity index (χ0) is 10.2. The smallest absolute Gasteiger partial charge is 0.376 e. The number of hydrogen-bond acceptors (Lipinski definition) is 1. The van der Waals surface area contributed by atoms with Gasteiger partial charge in [0.05, 0.1) is 0 Å². The van der Waals surface area contributed by atoms with Crippen LogP contribution in [0, 0.1) is 0 Å². The third-order valence-corrected chi connectivity index (χ3v) is 1.43. The molecule has 0 aromatic rings. The molecule has 0 saturated carbocycles. The van der Waals surface area contributed by atoms with Crippen molar-refractivity contribution in [2.75, 3.05) is 6.67 Å². The highest BCUT2D eigenvalue weighted by atomic mass is 19.4. The van der Waals surface area contributed by atoms with Gasteiger partial charge in [0.1, 0.15) is 0 Å². The summed E-state index contributed by atoms with van der Waals surface area (Å²) in [5.74, 6) is -4.81. The van der Waals surface area contributed by atoms with Crippen LogP contribution in [-0.2, 0) is 0 Å². The summed E-state index contributed by atoms with van der Waals surface area (Å²) in [5.41, 5.74) is -4.32. The molecule has 1 N–H and O–H groups in total. The molecule has 0 spiro atoms. The first-order chi connectivity index (χ1) is 5.06. The quantitative estimate of drug-likeness (QED) is 0.668. The zero-order valence-electron chi connectivity index (χ0n) is 5.92. The minimum atomic E-state index is -5.55. The maximum atomic E-state index is 12.1. The van der Waals surface area contributed by atoms with Gasteiger partial charge < -0.3 is 5.11 Å². The molecule has 0 aromatic heterocycles. The lowest BCUT2D eigenvalue weighted by atomic mass is 9.98. The summed E-state index contributed by atoms with van der Waals surface area (Å²) in [4.78, 5) is 0. The Balaban J connectivity index is 4.85. The molecule has 0 fully saturated rings. The average Bonchev–Trinajstić information content (AvgIpc) is 1.85. The van der Waals surface area contributed by atoms with Gasteiger partial charge in [-0.05, 0) is 6.92 Å². The molecule has 0 rings (SSSR count). The highest BCUT2D eigenvalue weighted by molar-refractivity contribution is 4.95. The van der Waals surface area contributed by atoms with Crippen molar-refractivity contribution in [3.63, 3.8) is 0 Å². The van der Waals surface area contributed by atoms with E-state index in [1.807, 2.05) is 0 Å². The summed E-state index contributed by atoms with van der Waals surface area (Å²) in [6.45, 7) is -2.73. The fraction of sp³-hybridized carbons (Fsp3) is 1.00. The van der Waals surface area contributed by atoms with Crippen LogP contribution in [0.2, 0.25) is 0 Å². The van der Waals surface area contributed by atoms with Gasteiger partial charge in [0.15, 0.2) is 6.67 Å². The second-order valence-corrected chi connectivity index (χ2v) is 2.41. The van der Waals surface area contributed by atoms with Crippen molar-refractivity contribution in [3.8, 4) is 0 Å². The highest BCUT2D eigenvalue weighted by Crippen LogP contribution is 2.41. The van der Waals surface area contributed by atoms with Gasteiger partial charge in [-0.1, -0.05) is 0 Å². The molecule has 1 nitrogen and oxygen atoms in total. The molecule has 1 atom stereocenters. The van der Waals surface area contributed by atoms with E-state index in [-0.39, 0.29) is 6.92 Å². The zero-order valence-corrected chi connectivity index (χ0v) is 5.92. The third-order valence-electron chi connectivity index (χ3n) is 1.43. The van der Waals surface area contributed by atoms with Gasteiger partial charge in [-0.2, -0.15) is 13.2 Å². The molecular formula is C5H6F6O. The van der Waals surface area contributed by atoms with Crippen LogP contribution in [0.3, 0.4) is 0 Å². The maximum Gasteiger partial charge on any atom is 0.423 e. The predicted molar refractivity (Wildman–Crippen MR) is 27.6 cm³/mol. The van der Waals surface area contributed by atoms with Gasteiger partial charge in [-0.25, -0.2) is 13.2 Å². The van der Waals surface area contributed by atoms with E-state index in [2.05, 4.69) is 0 Å². The molecule has 0 aliphatic carbocycles. The molecule has 0 radical (unpaired) electrons. The largest absolute Gasteiger partial charge is 0.423 e. The van der Waals surface area contributed by atoms with E-state index in [0.717, 1.165) is 0 Å². The van der Waals surface area contributed by atoms with Gasteiger partial charge in [-0.3, -0.25) is 0 Å². The molecule has 12 heavy (non-hydrogen) atoms. The Hall–Kier alpha value is -0.460. The van der Waals surface area contributed by atoms with Crippen molar-refractivity contribution in [1.29, 1.82) is 0 Å². The van der Waals surface area contributed by atoms with Crippen molar-refractivity contribution >= 4 is 0 Å². The minimum absolute atomic E-state index is 0.174. The second kappa shape index (κ2) is 2.79. The summed E-state index contributed by atoms with van der Waals surface area (Å²) in [5, 5.41) is 8.26. The first-order valence-corrected chi connectivity index (χ1v) is 2.79. The topological polar surface area (TPSA) is 20.2 Å². The van der Waals surface area contributed by atoms with Crippen LogP contribution in [0.1, 0.15) is 6.92 Å². The van der Waals surface area contributed by atoms with Crippen molar-refractivity contribution < 1.29 is 31.4 Å². The molecule has 0 aliphatic heterocycles. The van der Waals surface area contributed by atoms with E-state index in [1.54, 1.807) is 0 Å². The van der Waals surface area contributed by atoms with Gasteiger partial charge in [0.25, 0.3) is 0 Å². The molecule has 0 heterocycles. The normalized spacial score (nSPS) is 19.0. The van der Waals surface area contributed by atoms with Crippen LogP contribution in [0.15, 0.2) is 0 Å². The standard InChI is InChI=1S/C5H6F6O/c1-3(12,5(9,10)11)4(7,8)2-6/h12H,2H2,1H3. The van der Waals surface area contributed by atoms with Gasteiger partial charge in [0.2, 0.25) is 5.60 Å². The molecule has 1 unspecified atom stereocenters. The van der Waals surface area contributed by atoms with Gasteiger partial charge >= 0.3 is 12.1 Å². The van der Waals surface area contributed by atoms with Crippen molar-refractivity contribution in [2.45, 2.75) is 24.6 Å². The molecule has 7 heteroatoms. The maximum absolute atomic E-state index is 12.1. The molecule has 0 saturated heterocycles. The van der Waals surface area contributed by atoms with Crippen LogP contribution < -0.4 is 0 Å². The van der Waals surface area contributed by atoms with Crippen LogP contribution in [0.5, 0.6) is 0 Å². The van der Waals surface area contributed by atoms with E-state index in [0.29, 0.717) is 0 Å². The minimum Gasteiger partial charge on any atom is -0.376 e. The Kier molecular flexibility index (Phi) is 2.68. The monoisotopic (exact) mass is 196 g/mol. The highest BCUT2D eigenvalue weighted by Gasteiger charge is 2.65. The summed E-state index contributed by atoms with van der Waals surface area (Å²) >= 11 is 0. The van der Waals surface area contributed by atoms with Gasteiger partial charge in [0, 0.05) is 0 Å². The van der Waals surface area contributed by atoms with Crippen LogP contribution in [-0.4, -0.2) is 29.5 Å². The summed E-state index contributed by atoms with van der Waals surface area (Å²) in [7, 11) is 0. The Morgan fingerprint density at radius 3 is 1.50 bits per heavy atom. The first-order valence-electron chi connectivity index (χ1n) is 2.79. The molecule has 0 aliphatic rings. The summed E-state index contributed by atoms with van der Waals surface area (Å²) in [6.07, 6.45) is -5.55. The first kappa shape index (κ1) is 11.5. The van der Waals surface area contributed by atoms with Gasteiger partial charge in [-0.15, -0.1) is 0 Å². The van der Waals surface area contributed by atoms with Crippen LogP contribution in [0.4, 0.5) is 26.3 Å². The third kappa shape index (κ3) is 1.65. The van der Waals surface area contributed by atoms with E-state index >= 15 is 0 Å². The van der Waals surface area contributed by atoms with Crippen molar-refractivity contribution in [2.24, 2.45) is 0 Å². The number of aliphatic hydroxyl groups is 1. The Labute approximate surface area is 64.0 Å². The second-order valence-electron chi connectivity index (χ2n) is 2.41. The fourth-order valence-electron chi connectivity index (χ4n) is 0.337. The Bertz CT molecular complexity index is 160. The van der Waals surface area contributed by atoms with Crippen LogP contribution in [0.25, 0.3) is 0 Å². The van der Waals surface area contributed by atoms with Crippen molar-refractivity contribution in [1.82, 2.24) is 0 Å². The molecule has 0 amide bonds. The van der Waals surface area contributed by atoms with E-state index in [1.165, 1.54) is 0 Å². The molecule has 0 bridgehead atoms. The number of alkyl halides is 6. The molecular weight excluding hydrogens is 190 g/mol. The lowest BCUT2D eigenvalue weighted by molar-refractivity contribution is -0.326. The average molecular weight is 196 g/mol. The molecule has 0 aromatic carbocycles. The Morgan fingerprint density at radius 1 is 1.08 bits per heavy atom. The summed E-state index contributed by atoms with van der Waals surface area (Å²) < 4.78 is 70.4. The fourth-order valence-corrected chi connectivity index (χ4v) is 0.337. The van der Waals surface area contributed by atoms with Crippen molar-refractivity contribution in [3.05, 3.63) is 0 Å². The number of halogens is 6. The van der Waals surface area contributed by atoms with E-state index < -0.39 is 24.4 Å². The van der Waals surface area contributed by atoms with E-state index in [4.69, 9.17) is 5.11 Å². The predicted octanol–water partition coefficient (Wildman–Crippen LogP) is 1.90. The lowest BCUT2D eigenvalue weighted by Crippen LogP contribution is -2.57. The lowest BCUT2D eigenvalue weighted by Gasteiger charge is -2.32. The Morgan fingerprint density at radius 2 is 1.42 bits per heavy atom. The number of hydrogen-bond donors (Lipinski definition) is 1. The molecule has 74 valence electrons. The number of rotatable bonds is 2. The van der Waals surface area contributed by atoms with E-state index in [9.17, 15) is 26.3 Å². The van der Waals surface area contributed by atoms with Crippen LogP contribution >= 0.6 is 0 Å².